The minimum atomic E-state index is -1.16. The number of carbonyl (C=O) groups is 2. The average Bonchev–Trinajstić information content (AvgIpc) is 2.44. The van der Waals surface area contributed by atoms with Crippen molar-refractivity contribution in [2.75, 3.05) is 0 Å². The molecule has 0 aromatic heterocycles. The highest BCUT2D eigenvalue weighted by Crippen LogP contribution is 2.20. The number of rotatable bonds is 4. The maximum atomic E-state index is 11.3. The van der Waals surface area contributed by atoms with Crippen molar-refractivity contribution >= 4 is 39.5 Å². The van der Waals surface area contributed by atoms with E-state index >= 15 is 0 Å². The van der Waals surface area contributed by atoms with Crippen molar-refractivity contribution in [3.05, 3.63) is 48.0 Å². The Kier molecular flexibility index (Phi) is 5.11. The first-order valence-corrected chi connectivity index (χ1v) is 7.43. The van der Waals surface area contributed by atoms with E-state index in [0.717, 1.165) is 5.56 Å². The number of aliphatic imine (C=N–C) groups is 1. The zero-order valence-corrected chi connectivity index (χ0v) is 12.4. The van der Waals surface area contributed by atoms with E-state index in [4.69, 9.17) is 5.11 Å². The number of thioether (sulfide) groups is 1. The van der Waals surface area contributed by atoms with Gasteiger partial charge in [0, 0.05) is 5.75 Å². The minimum Gasteiger partial charge on any atom is -0.481 e. The topological polar surface area (TPSA) is 66.7 Å². The molecule has 0 atom stereocenters. The molecule has 21 heavy (non-hydrogen) atoms. The van der Waals surface area contributed by atoms with Crippen LogP contribution in [0.15, 0.2) is 47.5 Å². The summed E-state index contributed by atoms with van der Waals surface area (Å²) in [6.07, 6.45) is -0.562. The minimum absolute atomic E-state index is 0.562. The lowest BCUT2D eigenvalue weighted by Crippen LogP contribution is -2.05. The molecule has 5 heteroatoms. The molecule has 0 saturated heterocycles. The first-order chi connectivity index (χ1) is 10.0. The van der Waals surface area contributed by atoms with Crippen LogP contribution in [0.4, 0.5) is 0 Å². The highest BCUT2D eigenvalue weighted by Gasteiger charge is 2.07. The van der Waals surface area contributed by atoms with E-state index in [1.165, 1.54) is 22.5 Å². The van der Waals surface area contributed by atoms with Gasteiger partial charge in [-0.05, 0) is 23.3 Å². The summed E-state index contributed by atoms with van der Waals surface area (Å²) in [7, 11) is 0. The van der Waals surface area contributed by atoms with E-state index in [1.54, 1.807) is 6.92 Å². The van der Waals surface area contributed by atoms with Gasteiger partial charge in [0.25, 0.3) is 5.91 Å². The molecule has 2 rings (SSSR count). The van der Waals surface area contributed by atoms with E-state index in [0.29, 0.717) is 10.8 Å². The summed E-state index contributed by atoms with van der Waals surface area (Å²) in [6.45, 7) is 1.71. The quantitative estimate of drug-likeness (QED) is 0.533. The zero-order chi connectivity index (χ0) is 15.2. The van der Waals surface area contributed by atoms with Gasteiger partial charge in [0.05, 0.1) is 5.04 Å². The SMILES string of the molecule is CC(=NC(=O)CC(=O)O)SCc1ccc2ccccc2c1. The maximum Gasteiger partial charge on any atom is 0.312 e. The second kappa shape index (κ2) is 7.04. The monoisotopic (exact) mass is 301 g/mol. The fourth-order valence-electron chi connectivity index (χ4n) is 1.89. The van der Waals surface area contributed by atoms with Crippen LogP contribution < -0.4 is 0 Å². The number of amides is 1. The summed E-state index contributed by atoms with van der Waals surface area (Å²) < 4.78 is 0. The number of carboxylic acids is 1. The van der Waals surface area contributed by atoms with Crippen LogP contribution in [-0.2, 0) is 15.3 Å². The number of nitrogens with zero attached hydrogens (tertiary/aromatic N) is 1. The van der Waals surface area contributed by atoms with E-state index < -0.39 is 18.3 Å². The third kappa shape index (κ3) is 4.72. The number of hydrogen-bond acceptors (Lipinski definition) is 3. The molecule has 0 aliphatic rings. The van der Waals surface area contributed by atoms with Gasteiger partial charge in [-0.15, -0.1) is 11.8 Å². The summed E-state index contributed by atoms with van der Waals surface area (Å²) in [6, 6.07) is 14.3. The molecule has 2 aromatic carbocycles. The largest absolute Gasteiger partial charge is 0.481 e. The van der Waals surface area contributed by atoms with Crippen LogP contribution in [0.2, 0.25) is 0 Å². The van der Waals surface area contributed by atoms with Crippen LogP contribution in [0, 0.1) is 0 Å². The molecule has 0 saturated carbocycles. The number of carbonyl (C=O) groups excluding carboxylic acids is 1. The third-order valence-corrected chi connectivity index (χ3v) is 3.83. The third-order valence-electron chi connectivity index (χ3n) is 2.85. The van der Waals surface area contributed by atoms with Gasteiger partial charge in [0.1, 0.15) is 6.42 Å². The van der Waals surface area contributed by atoms with Crippen LogP contribution in [-0.4, -0.2) is 22.0 Å². The number of carboxylic acid groups (broad SMARTS) is 1. The zero-order valence-electron chi connectivity index (χ0n) is 11.6. The van der Waals surface area contributed by atoms with Crippen molar-refractivity contribution in [2.24, 2.45) is 4.99 Å². The van der Waals surface area contributed by atoms with Crippen molar-refractivity contribution in [3.63, 3.8) is 0 Å². The average molecular weight is 301 g/mol. The molecule has 1 N–H and O–H groups in total. The van der Waals surface area contributed by atoms with Crippen molar-refractivity contribution < 1.29 is 14.7 Å². The van der Waals surface area contributed by atoms with Gasteiger partial charge >= 0.3 is 5.97 Å². The molecule has 4 nitrogen and oxygen atoms in total. The number of hydrogen-bond donors (Lipinski definition) is 1. The molecule has 0 aliphatic carbocycles. The van der Waals surface area contributed by atoms with Crippen LogP contribution in [0.3, 0.4) is 0 Å². The molecule has 0 aliphatic heterocycles. The molecular weight excluding hydrogens is 286 g/mol. The van der Waals surface area contributed by atoms with Gasteiger partial charge in [-0.1, -0.05) is 42.5 Å². The lowest BCUT2D eigenvalue weighted by atomic mass is 10.1. The fraction of sp³-hybridized carbons (Fsp3) is 0.188. The maximum absolute atomic E-state index is 11.3. The Labute approximate surface area is 126 Å². The predicted molar refractivity (Wildman–Crippen MR) is 85.6 cm³/mol. The first kappa shape index (κ1) is 15.3. The highest BCUT2D eigenvalue weighted by atomic mass is 32.2. The fourth-order valence-corrected chi connectivity index (χ4v) is 2.61. The second-order valence-electron chi connectivity index (χ2n) is 4.57. The highest BCUT2D eigenvalue weighted by molar-refractivity contribution is 8.13. The Hall–Kier alpha value is -2.14. The van der Waals surface area contributed by atoms with Gasteiger partial charge in [0.2, 0.25) is 0 Å². The van der Waals surface area contributed by atoms with Crippen LogP contribution >= 0.6 is 11.8 Å². The molecule has 0 radical (unpaired) electrons. The molecule has 108 valence electrons. The van der Waals surface area contributed by atoms with Gasteiger partial charge < -0.3 is 5.11 Å². The standard InChI is InChI=1S/C16H15NO3S/c1-11(17-15(18)9-16(19)20)21-10-12-6-7-13-4-2-3-5-14(13)8-12/h2-8H,9-10H2,1H3,(H,19,20). The Bertz CT molecular complexity index is 709. The first-order valence-electron chi connectivity index (χ1n) is 6.45. The summed E-state index contributed by atoms with van der Waals surface area (Å²) in [5, 5.41) is 11.4. The van der Waals surface area contributed by atoms with Crippen LogP contribution in [0.1, 0.15) is 18.9 Å². The van der Waals surface area contributed by atoms with Crippen molar-refractivity contribution in [2.45, 2.75) is 19.1 Å². The van der Waals surface area contributed by atoms with E-state index in [1.807, 2.05) is 18.2 Å². The second-order valence-corrected chi connectivity index (χ2v) is 5.73. The molecular formula is C16H15NO3S. The lowest BCUT2D eigenvalue weighted by Gasteiger charge is -2.03. The lowest BCUT2D eigenvalue weighted by molar-refractivity contribution is -0.139. The normalized spacial score (nSPS) is 11.6. The van der Waals surface area contributed by atoms with Crippen LogP contribution in [0.5, 0.6) is 0 Å². The Morgan fingerprint density at radius 2 is 1.86 bits per heavy atom. The molecule has 1 amide bonds. The van der Waals surface area contributed by atoms with Gasteiger partial charge in [-0.3, -0.25) is 9.59 Å². The molecule has 0 heterocycles. The number of benzene rings is 2. The molecule has 0 unspecified atom stereocenters. The smallest absolute Gasteiger partial charge is 0.312 e. The van der Waals surface area contributed by atoms with Crippen LogP contribution in [0.25, 0.3) is 10.8 Å². The summed E-state index contributed by atoms with van der Waals surface area (Å²) >= 11 is 1.43. The van der Waals surface area contributed by atoms with Crippen molar-refractivity contribution in [1.29, 1.82) is 0 Å². The van der Waals surface area contributed by atoms with E-state index in [-0.39, 0.29) is 0 Å². The van der Waals surface area contributed by atoms with E-state index in [2.05, 4.69) is 29.3 Å². The summed E-state index contributed by atoms with van der Waals surface area (Å²) in [5.41, 5.74) is 1.14. The predicted octanol–water partition coefficient (Wildman–Crippen LogP) is 3.49. The van der Waals surface area contributed by atoms with E-state index in [9.17, 15) is 9.59 Å². The van der Waals surface area contributed by atoms with Gasteiger partial charge in [-0.25, -0.2) is 4.99 Å². The summed E-state index contributed by atoms with van der Waals surface area (Å²) in [4.78, 5) is 25.4. The van der Waals surface area contributed by atoms with Gasteiger partial charge in [0.15, 0.2) is 0 Å². The molecule has 0 spiro atoms. The Morgan fingerprint density at radius 1 is 1.14 bits per heavy atom. The van der Waals surface area contributed by atoms with Crippen molar-refractivity contribution in [3.8, 4) is 0 Å². The Balaban J connectivity index is 1.99. The number of fused-ring (bicyclic) bond motifs is 1. The summed E-state index contributed by atoms with van der Waals surface area (Å²) in [5.74, 6) is -1.08. The molecule has 0 fully saturated rings. The number of aliphatic carboxylic acids is 1. The molecule has 0 bridgehead atoms. The molecule has 2 aromatic rings. The van der Waals surface area contributed by atoms with Crippen molar-refractivity contribution in [1.82, 2.24) is 0 Å². The van der Waals surface area contributed by atoms with Gasteiger partial charge in [-0.2, -0.15) is 0 Å². The Morgan fingerprint density at radius 3 is 2.57 bits per heavy atom.